The molecule has 2 N–H and O–H groups in total. The third-order valence-electron chi connectivity index (χ3n) is 5.62. The molecule has 0 bridgehead atoms. The van der Waals surface area contributed by atoms with Crippen molar-refractivity contribution in [3.05, 3.63) is 53.1 Å². The van der Waals surface area contributed by atoms with Crippen LogP contribution < -0.4 is 10.6 Å². The van der Waals surface area contributed by atoms with Crippen LogP contribution in [0, 0.1) is 17.1 Å². The Bertz CT molecular complexity index is 1140. The molecule has 4 rings (SSSR count). The largest absolute Gasteiger partial charge is 0.370 e. The maximum atomic E-state index is 13.5. The molecule has 0 aliphatic carbocycles. The van der Waals surface area contributed by atoms with Crippen LogP contribution in [0.5, 0.6) is 0 Å². The summed E-state index contributed by atoms with van der Waals surface area (Å²) in [5.41, 5.74) is 2.20. The second-order valence-corrected chi connectivity index (χ2v) is 8.33. The summed E-state index contributed by atoms with van der Waals surface area (Å²) in [5, 5.41) is 16.9. The van der Waals surface area contributed by atoms with Gasteiger partial charge in [0.2, 0.25) is 0 Å². The van der Waals surface area contributed by atoms with Crippen LogP contribution in [0.1, 0.15) is 12.0 Å². The number of rotatable bonds is 7. The van der Waals surface area contributed by atoms with E-state index in [1.807, 2.05) is 6.07 Å². The van der Waals surface area contributed by atoms with Crippen molar-refractivity contribution in [1.82, 2.24) is 19.8 Å². The van der Waals surface area contributed by atoms with Crippen LogP contribution in [0.25, 0.3) is 10.9 Å². The van der Waals surface area contributed by atoms with Crippen molar-refractivity contribution in [2.75, 3.05) is 56.9 Å². The van der Waals surface area contributed by atoms with Gasteiger partial charge in [0.15, 0.2) is 0 Å². The van der Waals surface area contributed by atoms with Gasteiger partial charge in [-0.2, -0.15) is 5.26 Å². The number of nitriles is 1. The van der Waals surface area contributed by atoms with Crippen molar-refractivity contribution in [3.63, 3.8) is 0 Å². The van der Waals surface area contributed by atoms with Crippen molar-refractivity contribution in [1.29, 1.82) is 5.26 Å². The summed E-state index contributed by atoms with van der Waals surface area (Å²) in [5.74, 6) is 0.220. The molecule has 32 heavy (non-hydrogen) atoms. The van der Waals surface area contributed by atoms with E-state index in [0.29, 0.717) is 28.3 Å². The number of nitrogens with one attached hydrogen (secondary N) is 2. The standard InChI is InChI=1S/C23H25ClFN7/c1-31-7-9-32(10-8-31)6-2-5-27-22-12-18-21(15-29-22)28-14-16(13-26)23(18)30-17-3-4-20(25)19(24)11-17/h3-4,11-12,14-15H,2,5-10H2,1H3,(H,27,29)(H,28,30). The Morgan fingerprint density at radius 1 is 1.16 bits per heavy atom. The maximum absolute atomic E-state index is 13.5. The average Bonchev–Trinajstić information content (AvgIpc) is 2.80. The smallest absolute Gasteiger partial charge is 0.141 e. The van der Waals surface area contributed by atoms with E-state index in [9.17, 15) is 9.65 Å². The van der Waals surface area contributed by atoms with E-state index in [2.05, 4.69) is 43.5 Å². The van der Waals surface area contributed by atoms with Gasteiger partial charge in [0.25, 0.3) is 0 Å². The normalized spacial score (nSPS) is 14.9. The minimum absolute atomic E-state index is 0.0104. The molecule has 0 atom stereocenters. The third-order valence-corrected chi connectivity index (χ3v) is 5.91. The lowest BCUT2D eigenvalue weighted by molar-refractivity contribution is 0.154. The van der Waals surface area contributed by atoms with E-state index in [4.69, 9.17) is 11.6 Å². The van der Waals surface area contributed by atoms with Gasteiger partial charge in [-0.1, -0.05) is 11.6 Å². The molecule has 2 aromatic heterocycles. The lowest BCUT2D eigenvalue weighted by Gasteiger charge is -2.32. The Kier molecular flexibility index (Phi) is 7.00. The molecular formula is C23H25ClFN7. The molecule has 0 radical (unpaired) electrons. The van der Waals surface area contributed by atoms with Crippen LogP contribution in [-0.2, 0) is 0 Å². The van der Waals surface area contributed by atoms with Crippen LogP contribution in [0.4, 0.5) is 21.6 Å². The number of hydrogen-bond acceptors (Lipinski definition) is 7. The van der Waals surface area contributed by atoms with Crippen LogP contribution in [0.2, 0.25) is 5.02 Å². The quantitative estimate of drug-likeness (QED) is 0.521. The first-order valence-electron chi connectivity index (χ1n) is 10.6. The van der Waals surface area contributed by atoms with Crippen LogP contribution in [-0.4, -0.2) is 66.1 Å². The zero-order valence-corrected chi connectivity index (χ0v) is 18.7. The molecule has 1 fully saturated rings. The first-order valence-corrected chi connectivity index (χ1v) is 11.0. The lowest BCUT2D eigenvalue weighted by Crippen LogP contribution is -2.44. The van der Waals surface area contributed by atoms with E-state index >= 15 is 0 Å². The number of nitrogens with zero attached hydrogens (tertiary/aromatic N) is 5. The Morgan fingerprint density at radius 2 is 1.97 bits per heavy atom. The van der Waals surface area contributed by atoms with Crippen LogP contribution >= 0.6 is 11.6 Å². The predicted molar refractivity (Wildman–Crippen MR) is 126 cm³/mol. The van der Waals surface area contributed by atoms with E-state index < -0.39 is 5.82 Å². The SMILES string of the molecule is CN1CCN(CCCNc2cc3c(Nc4ccc(F)c(Cl)c4)c(C#N)cnc3cn2)CC1. The monoisotopic (exact) mass is 453 g/mol. The molecule has 1 aromatic carbocycles. The Morgan fingerprint density at radius 3 is 2.72 bits per heavy atom. The van der Waals surface area contributed by atoms with Gasteiger partial charge >= 0.3 is 0 Å². The first kappa shape index (κ1) is 22.2. The van der Waals surface area contributed by atoms with Crippen LogP contribution in [0.3, 0.4) is 0 Å². The van der Waals surface area contributed by atoms with E-state index in [-0.39, 0.29) is 5.02 Å². The van der Waals surface area contributed by atoms with E-state index in [1.165, 1.54) is 18.3 Å². The molecule has 3 aromatic rings. The van der Waals surface area contributed by atoms with Gasteiger partial charge in [-0.3, -0.25) is 4.98 Å². The minimum atomic E-state index is -0.496. The number of aromatic nitrogens is 2. The second-order valence-electron chi connectivity index (χ2n) is 7.92. The van der Waals surface area contributed by atoms with Gasteiger partial charge < -0.3 is 20.4 Å². The molecule has 1 aliphatic heterocycles. The fraction of sp³-hybridized carbons (Fsp3) is 0.348. The summed E-state index contributed by atoms with van der Waals surface area (Å²) in [6.07, 6.45) is 4.20. The third kappa shape index (κ3) is 5.25. The Hall–Kier alpha value is -2.99. The highest BCUT2D eigenvalue weighted by Crippen LogP contribution is 2.31. The molecule has 3 heterocycles. The molecule has 9 heteroatoms. The predicted octanol–water partition coefficient (Wildman–Crippen LogP) is 4.09. The van der Waals surface area contributed by atoms with Gasteiger partial charge in [-0.05, 0) is 44.3 Å². The van der Waals surface area contributed by atoms with Gasteiger partial charge in [0, 0.05) is 50.0 Å². The molecule has 1 saturated heterocycles. The molecule has 7 nitrogen and oxygen atoms in total. The fourth-order valence-electron chi connectivity index (χ4n) is 3.72. The summed E-state index contributed by atoms with van der Waals surface area (Å²) in [4.78, 5) is 13.6. The Balaban J connectivity index is 1.48. The average molecular weight is 454 g/mol. The number of anilines is 3. The van der Waals surface area contributed by atoms with Crippen molar-refractivity contribution >= 4 is 39.7 Å². The topological polar surface area (TPSA) is 80.1 Å². The minimum Gasteiger partial charge on any atom is -0.370 e. The second kappa shape index (κ2) is 10.1. The van der Waals surface area contributed by atoms with Crippen molar-refractivity contribution in [2.24, 2.45) is 0 Å². The fourth-order valence-corrected chi connectivity index (χ4v) is 3.90. The van der Waals surface area contributed by atoms with Crippen molar-refractivity contribution in [2.45, 2.75) is 6.42 Å². The van der Waals surface area contributed by atoms with Crippen molar-refractivity contribution < 1.29 is 4.39 Å². The van der Waals surface area contributed by atoms with Gasteiger partial charge in [0.05, 0.1) is 28.0 Å². The number of benzene rings is 1. The summed E-state index contributed by atoms with van der Waals surface area (Å²) in [6.45, 7) is 6.29. The zero-order valence-electron chi connectivity index (χ0n) is 17.9. The highest BCUT2D eigenvalue weighted by Gasteiger charge is 2.14. The Labute approximate surface area is 191 Å². The highest BCUT2D eigenvalue weighted by atomic mass is 35.5. The summed E-state index contributed by atoms with van der Waals surface area (Å²) in [7, 11) is 2.16. The van der Waals surface area contributed by atoms with Gasteiger partial charge in [-0.15, -0.1) is 0 Å². The molecule has 0 saturated carbocycles. The lowest BCUT2D eigenvalue weighted by atomic mass is 10.1. The molecular weight excluding hydrogens is 429 g/mol. The molecule has 0 amide bonds. The van der Waals surface area contributed by atoms with E-state index in [0.717, 1.165) is 51.1 Å². The van der Waals surface area contributed by atoms with Crippen LogP contribution in [0.15, 0.2) is 36.7 Å². The first-order chi connectivity index (χ1) is 15.5. The number of pyridine rings is 2. The number of halogens is 2. The zero-order chi connectivity index (χ0) is 22.5. The number of hydrogen-bond donors (Lipinski definition) is 2. The number of likely N-dealkylation sites (N-methyl/N-ethyl adjacent to an activating group) is 1. The number of fused-ring (bicyclic) bond motifs is 1. The molecule has 0 spiro atoms. The highest BCUT2D eigenvalue weighted by molar-refractivity contribution is 6.31. The van der Waals surface area contributed by atoms with Crippen molar-refractivity contribution in [3.8, 4) is 6.07 Å². The number of piperazine rings is 1. The maximum Gasteiger partial charge on any atom is 0.141 e. The summed E-state index contributed by atoms with van der Waals surface area (Å²) >= 11 is 5.91. The summed E-state index contributed by atoms with van der Waals surface area (Å²) < 4.78 is 13.5. The van der Waals surface area contributed by atoms with E-state index in [1.54, 1.807) is 12.3 Å². The molecule has 0 unspecified atom stereocenters. The molecule has 1 aliphatic rings. The summed E-state index contributed by atoms with van der Waals surface area (Å²) in [6, 6.07) is 8.40. The van der Waals surface area contributed by atoms with Gasteiger partial charge in [-0.25, -0.2) is 9.37 Å². The van der Waals surface area contributed by atoms with Gasteiger partial charge in [0.1, 0.15) is 17.7 Å². The molecule has 166 valence electrons.